The first-order valence-electron chi connectivity index (χ1n) is 8.96. The van der Waals surface area contributed by atoms with Crippen molar-refractivity contribution in [3.05, 3.63) is 0 Å². The van der Waals surface area contributed by atoms with Crippen LogP contribution in [-0.4, -0.2) is 92.5 Å². The first kappa shape index (κ1) is 30.5. The van der Waals surface area contributed by atoms with E-state index in [0.29, 0.717) is 0 Å². The molecule has 0 saturated heterocycles. The standard InChI is InChI=1S/C12H28O16P4/c1-5-23-7-9(25-29(3,13)14)10(26-30(4,15)16)8(24-6-2)12(28-32(20,21)22)11(7)27-31(17,18)19/h7-12H,5-6H2,1-4H3,(H,13,14)(H,15,16)(H2,17,18,19)(H2,20,21,22)/t7-,8+,9-,10-,11+,12+/m0/s1. The van der Waals surface area contributed by atoms with Crippen molar-refractivity contribution in [2.45, 2.75) is 50.5 Å². The first-order chi connectivity index (χ1) is 14.3. The van der Waals surface area contributed by atoms with Gasteiger partial charge in [-0.25, -0.2) is 9.13 Å². The Balaban J connectivity index is 3.76. The lowest BCUT2D eigenvalue weighted by molar-refractivity contribution is -0.227. The Morgan fingerprint density at radius 1 is 0.531 bits per heavy atom. The summed E-state index contributed by atoms with van der Waals surface area (Å²) in [6, 6.07) is 0. The predicted molar refractivity (Wildman–Crippen MR) is 106 cm³/mol. The van der Waals surface area contributed by atoms with Crippen molar-refractivity contribution in [1.29, 1.82) is 0 Å². The number of phosphoric acid groups is 2. The summed E-state index contributed by atoms with van der Waals surface area (Å²) in [6.45, 7) is 3.89. The second kappa shape index (κ2) is 11.5. The Labute approximate surface area is 183 Å². The van der Waals surface area contributed by atoms with Crippen LogP contribution in [0.4, 0.5) is 0 Å². The largest absolute Gasteiger partial charge is 0.470 e. The van der Waals surface area contributed by atoms with Gasteiger partial charge in [-0.3, -0.25) is 27.2 Å². The Hall–Kier alpha value is 0.440. The van der Waals surface area contributed by atoms with Crippen molar-refractivity contribution in [3.63, 3.8) is 0 Å². The molecule has 192 valence electrons. The summed E-state index contributed by atoms with van der Waals surface area (Å²) in [6.07, 6.45) is -11.3. The van der Waals surface area contributed by atoms with Gasteiger partial charge in [0.2, 0.25) is 0 Å². The number of rotatable bonds is 12. The molecule has 0 aliphatic heterocycles. The molecule has 0 aromatic rings. The molecule has 0 radical (unpaired) electrons. The van der Waals surface area contributed by atoms with Crippen molar-refractivity contribution in [3.8, 4) is 0 Å². The molecule has 6 N–H and O–H groups in total. The van der Waals surface area contributed by atoms with Gasteiger partial charge in [0.1, 0.15) is 36.6 Å². The second-order valence-electron chi connectivity index (χ2n) is 6.71. The maximum atomic E-state index is 12.0. The van der Waals surface area contributed by atoms with Gasteiger partial charge in [0.15, 0.2) is 0 Å². The molecule has 0 bridgehead atoms. The van der Waals surface area contributed by atoms with Crippen molar-refractivity contribution < 1.29 is 75.2 Å². The molecule has 32 heavy (non-hydrogen) atoms. The summed E-state index contributed by atoms with van der Waals surface area (Å²) < 4.78 is 77.4. The normalized spacial score (nSPS) is 33.4. The lowest BCUT2D eigenvalue weighted by atomic mass is 9.84. The number of ether oxygens (including phenoxy) is 2. The van der Waals surface area contributed by atoms with Gasteiger partial charge in [0.05, 0.1) is 0 Å². The molecule has 1 aliphatic rings. The summed E-state index contributed by atoms with van der Waals surface area (Å²) in [4.78, 5) is 56.9. The monoisotopic (exact) mass is 552 g/mol. The van der Waals surface area contributed by atoms with Crippen molar-refractivity contribution >= 4 is 30.8 Å². The van der Waals surface area contributed by atoms with Gasteiger partial charge in [-0.05, 0) is 13.8 Å². The molecule has 20 heteroatoms. The highest BCUT2D eigenvalue weighted by Gasteiger charge is 2.59. The fraction of sp³-hybridized carbons (Fsp3) is 1.00. The third-order valence-electron chi connectivity index (χ3n) is 3.81. The first-order valence-corrected chi connectivity index (χ1v) is 16.1. The van der Waals surface area contributed by atoms with Gasteiger partial charge in [-0.2, -0.15) is 0 Å². The fourth-order valence-electron chi connectivity index (χ4n) is 3.13. The number of phosphoric ester groups is 2. The summed E-state index contributed by atoms with van der Waals surface area (Å²) in [5.41, 5.74) is 0. The van der Waals surface area contributed by atoms with E-state index < -0.39 is 67.5 Å². The van der Waals surface area contributed by atoms with Gasteiger partial charge >= 0.3 is 30.8 Å². The van der Waals surface area contributed by atoms with E-state index in [1.807, 2.05) is 0 Å². The summed E-state index contributed by atoms with van der Waals surface area (Å²) in [5.74, 6) is 0. The van der Waals surface area contributed by atoms with Gasteiger partial charge in [-0.15, -0.1) is 0 Å². The van der Waals surface area contributed by atoms with Gasteiger partial charge < -0.3 is 38.8 Å². The Bertz CT molecular complexity index is 669. The van der Waals surface area contributed by atoms with E-state index in [2.05, 4.69) is 9.05 Å². The third kappa shape index (κ3) is 10.4. The third-order valence-corrected chi connectivity index (χ3v) is 6.12. The minimum Gasteiger partial charge on any atom is -0.373 e. The van der Waals surface area contributed by atoms with Crippen LogP contribution in [0.15, 0.2) is 0 Å². The summed E-state index contributed by atoms with van der Waals surface area (Å²) in [5, 5.41) is 0. The predicted octanol–water partition coefficient (Wildman–Crippen LogP) is 0.167. The number of hydrogen-bond donors (Lipinski definition) is 6. The van der Waals surface area contributed by atoms with E-state index in [0.717, 1.165) is 13.3 Å². The van der Waals surface area contributed by atoms with E-state index in [1.165, 1.54) is 13.8 Å². The van der Waals surface area contributed by atoms with E-state index in [4.69, 9.17) is 18.5 Å². The van der Waals surface area contributed by atoms with E-state index >= 15 is 0 Å². The highest BCUT2D eigenvalue weighted by molar-refractivity contribution is 7.52. The van der Waals surface area contributed by atoms with Crippen LogP contribution in [0, 0.1) is 0 Å². The molecule has 0 aromatic carbocycles. The molecular weight excluding hydrogens is 524 g/mol. The van der Waals surface area contributed by atoms with Gasteiger partial charge in [-0.1, -0.05) is 0 Å². The lowest BCUT2D eigenvalue weighted by Crippen LogP contribution is -2.66. The van der Waals surface area contributed by atoms with Crippen LogP contribution in [0.25, 0.3) is 0 Å². The van der Waals surface area contributed by atoms with Crippen molar-refractivity contribution in [1.82, 2.24) is 0 Å². The minimum atomic E-state index is -5.38. The molecule has 0 amide bonds. The Kier molecular flexibility index (Phi) is 10.9. The Morgan fingerprint density at radius 3 is 0.969 bits per heavy atom. The van der Waals surface area contributed by atoms with Crippen molar-refractivity contribution in [2.24, 2.45) is 0 Å². The topological polar surface area (TPSA) is 245 Å². The van der Waals surface area contributed by atoms with Crippen LogP contribution in [-0.2, 0) is 45.8 Å². The van der Waals surface area contributed by atoms with E-state index in [9.17, 15) is 47.6 Å². The van der Waals surface area contributed by atoms with E-state index in [-0.39, 0.29) is 13.2 Å². The van der Waals surface area contributed by atoms with Crippen LogP contribution in [0.2, 0.25) is 0 Å². The average molecular weight is 552 g/mol. The fourth-order valence-corrected chi connectivity index (χ4v) is 5.63. The molecule has 0 spiro atoms. The van der Waals surface area contributed by atoms with Crippen LogP contribution >= 0.6 is 30.8 Å². The molecule has 1 rings (SSSR count). The minimum absolute atomic E-state index is 0.220. The molecule has 0 heterocycles. The summed E-state index contributed by atoms with van der Waals surface area (Å²) >= 11 is 0. The maximum absolute atomic E-state index is 12.0. The zero-order valence-electron chi connectivity index (χ0n) is 17.4. The van der Waals surface area contributed by atoms with Crippen LogP contribution in [0.5, 0.6) is 0 Å². The highest BCUT2D eigenvalue weighted by Crippen LogP contribution is 2.53. The molecule has 16 nitrogen and oxygen atoms in total. The Morgan fingerprint density at radius 2 is 0.781 bits per heavy atom. The molecule has 2 unspecified atom stereocenters. The zero-order chi connectivity index (χ0) is 25.1. The molecule has 0 aromatic heterocycles. The quantitative estimate of drug-likeness (QED) is 0.177. The maximum Gasteiger partial charge on any atom is 0.470 e. The lowest BCUT2D eigenvalue weighted by Gasteiger charge is -2.49. The molecule has 8 atom stereocenters. The van der Waals surface area contributed by atoms with Crippen LogP contribution in [0.1, 0.15) is 13.8 Å². The number of hydrogen-bond acceptors (Lipinski definition) is 10. The highest BCUT2D eigenvalue weighted by atomic mass is 31.2. The second-order valence-corrected chi connectivity index (χ2v) is 12.7. The van der Waals surface area contributed by atoms with Gasteiger partial charge in [0.25, 0.3) is 0 Å². The smallest absolute Gasteiger partial charge is 0.373 e. The van der Waals surface area contributed by atoms with Crippen molar-refractivity contribution in [2.75, 3.05) is 26.5 Å². The van der Waals surface area contributed by atoms with E-state index in [1.54, 1.807) is 0 Å². The molecule has 1 saturated carbocycles. The molecule has 1 aliphatic carbocycles. The molecular formula is C12H28O16P4. The zero-order valence-corrected chi connectivity index (χ0v) is 21.0. The van der Waals surface area contributed by atoms with Crippen LogP contribution in [0.3, 0.4) is 0 Å². The summed E-state index contributed by atoms with van der Waals surface area (Å²) in [7, 11) is -19.6. The van der Waals surface area contributed by atoms with Crippen LogP contribution < -0.4 is 0 Å². The SMILES string of the molecule is CCO[C@@H]1[C@H](OP(C)(=O)O)[C@@H](OP(C)(=O)O)[C@H](OCC)[C@@H](OP(=O)(O)O)[C@@H]1OP(=O)(O)O. The average Bonchev–Trinajstić information content (AvgIpc) is 2.53. The molecule has 1 fully saturated rings. The van der Waals surface area contributed by atoms with Gasteiger partial charge in [0, 0.05) is 26.5 Å².